The lowest BCUT2D eigenvalue weighted by Crippen LogP contribution is -2.50. The van der Waals surface area contributed by atoms with Crippen LogP contribution in [0.2, 0.25) is 0 Å². The van der Waals surface area contributed by atoms with Gasteiger partial charge in [-0.05, 0) is 43.7 Å². The smallest absolute Gasteiger partial charge is 0.338 e. The van der Waals surface area contributed by atoms with Crippen LogP contribution in [0.3, 0.4) is 0 Å². The summed E-state index contributed by atoms with van der Waals surface area (Å²) in [5, 5.41) is 0. The van der Waals surface area contributed by atoms with E-state index in [-0.39, 0.29) is 43.2 Å². The maximum atomic E-state index is 14.8. The number of hydrogen-bond donors (Lipinski definition) is 0. The zero-order chi connectivity index (χ0) is 26.8. The second kappa shape index (κ2) is 10.5. The maximum Gasteiger partial charge on any atom is 0.338 e. The van der Waals surface area contributed by atoms with Gasteiger partial charge in [-0.3, -0.25) is 4.90 Å². The molecule has 0 N–H and O–H groups in total. The van der Waals surface area contributed by atoms with Gasteiger partial charge in [0.15, 0.2) is 11.5 Å². The summed E-state index contributed by atoms with van der Waals surface area (Å²) in [6.07, 6.45) is 0. The number of nitrogens with zero attached hydrogens (tertiary/aromatic N) is 2. The minimum Gasteiger partial charge on any atom is -0.463 e. The number of ether oxygens (including phenoxy) is 3. The fourth-order valence-corrected chi connectivity index (χ4v) is 4.76. The summed E-state index contributed by atoms with van der Waals surface area (Å²) in [6.45, 7) is 3.21. The van der Waals surface area contributed by atoms with Crippen molar-refractivity contribution in [1.29, 1.82) is 0 Å². The Morgan fingerprint density at radius 3 is 2.24 bits per heavy atom. The van der Waals surface area contributed by atoms with Gasteiger partial charge in [0.05, 0.1) is 31.3 Å². The van der Waals surface area contributed by atoms with Crippen LogP contribution in [0.5, 0.6) is 11.5 Å². The second-order valence-electron chi connectivity index (χ2n) is 8.91. The van der Waals surface area contributed by atoms with Crippen LogP contribution in [0.1, 0.15) is 36.6 Å². The van der Waals surface area contributed by atoms with Gasteiger partial charge in [-0.25, -0.2) is 18.4 Å². The first-order chi connectivity index (χ1) is 18.4. The Balaban J connectivity index is 1.67. The maximum absolute atomic E-state index is 14.8. The number of urea groups is 1. The Morgan fingerprint density at radius 2 is 1.58 bits per heavy atom. The van der Waals surface area contributed by atoms with Gasteiger partial charge in [0.2, 0.25) is 6.79 Å². The van der Waals surface area contributed by atoms with Gasteiger partial charge in [0.25, 0.3) is 0 Å². The standard InChI is InChI=1S/C29H26F2N2O5/c1-3-36-28(34)26-18(2)32(15-20-8-4-6-10-22(20)30)29(35)33(16-21-9-5-7-11-23(21)31)27(26)19-12-13-24-25(14-19)38-17-37-24/h4-14,27H,3,15-17H2,1-2H3/t27-/m1/s1. The number of halogens is 2. The molecule has 0 saturated heterocycles. The van der Waals surface area contributed by atoms with Crippen molar-refractivity contribution in [2.75, 3.05) is 13.4 Å². The van der Waals surface area contributed by atoms with E-state index in [2.05, 4.69) is 0 Å². The minimum absolute atomic E-state index is 0.0529. The van der Waals surface area contributed by atoms with Crippen LogP contribution in [0.15, 0.2) is 78.0 Å². The average Bonchev–Trinajstić information content (AvgIpc) is 3.38. The number of esters is 1. The molecular formula is C29H26F2N2O5. The fraction of sp³-hybridized carbons (Fsp3) is 0.241. The first-order valence-electron chi connectivity index (χ1n) is 12.2. The van der Waals surface area contributed by atoms with Crippen molar-refractivity contribution in [2.24, 2.45) is 0 Å². The molecule has 0 unspecified atom stereocenters. The van der Waals surface area contributed by atoms with Gasteiger partial charge in [-0.1, -0.05) is 42.5 Å². The molecule has 2 aliphatic heterocycles. The second-order valence-corrected chi connectivity index (χ2v) is 8.91. The van der Waals surface area contributed by atoms with Crippen LogP contribution >= 0.6 is 0 Å². The molecule has 2 amide bonds. The topological polar surface area (TPSA) is 68.3 Å². The third-order valence-corrected chi connectivity index (χ3v) is 6.65. The highest BCUT2D eigenvalue weighted by atomic mass is 19.1. The van der Waals surface area contributed by atoms with Crippen LogP contribution in [-0.4, -0.2) is 35.2 Å². The Hall–Kier alpha value is -4.40. The molecule has 2 aliphatic rings. The number of amides is 2. The van der Waals surface area contributed by atoms with E-state index < -0.39 is 29.7 Å². The van der Waals surface area contributed by atoms with Crippen molar-refractivity contribution in [3.63, 3.8) is 0 Å². The molecule has 3 aromatic carbocycles. The van der Waals surface area contributed by atoms with Gasteiger partial charge < -0.3 is 19.1 Å². The fourth-order valence-electron chi connectivity index (χ4n) is 4.76. The molecule has 1 atom stereocenters. The van der Waals surface area contributed by atoms with E-state index >= 15 is 0 Å². The molecule has 3 aromatic rings. The van der Waals surface area contributed by atoms with Crippen LogP contribution in [0, 0.1) is 11.6 Å². The van der Waals surface area contributed by atoms with Crippen molar-refractivity contribution < 1.29 is 32.6 Å². The molecule has 38 heavy (non-hydrogen) atoms. The number of carbonyl (C=O) groups excluding carboxylic acids is 2. The van der Waals surface area contributed by atoms with Crippen molar-refractivity contribution in [3.8, 4) is 11.5 Å². The molecule has 2 heterocycles. The van der Waals surface area contributed by atoms with Crippen LogP contribution in [0.25, 0.3) is 0 Å². The molecule has 5 rings (SSSR count). The summed E-state index contributed by atoms with van der Waals surface area (Å²) in [5.41, 5.74) is 1.62. The van der Waals surface area contributed by atoms with E-state index in [1.807, 2.05) is 0 Å². The molecule has 0 aliphatic carbocycles. The Bertz CT molecular complexity index is 1420. The molecule has 0 aromatic heterocycles. The lowest BCUT2D eigenvalue weighted by Gasteiger charge is -2.43. The zero-order valence-corrected chi connectivity index (χ0v) is 20.9. The number of rotatable bonds is 7. The van der Waals surface area contributed by atoms with Gasteiger partial charge in [-0.2, -0.15) is 0 Å². The largest absolute Gasteiger partial charge is 0.463 e. The van der Waals surface area contributed by atoms with E-state index in [1.54, 1.807) is 68.4 Å². The third kappa shape index (κ3) is 4.67. The molecule has 0 spiro atoms. The minimum atomic E-state index is -0.924. The van der Waals surface area contributed by atoms with Crippen molar-refractivity contribution in [2.45, 2.75) is 33.0 Å². The zero-order valence-electron chi connectivity index (χ0n) is 20.9. The molecule has 0 saturated carbocycles. The summed E-state index contributed by atoms with van der Waals surface area (Å²) < 4.78 is 45.8. The molecular weight excluding hydrogens is 494 g/mol. The van der Waals surface area contributed by atoms with Gasteiger partial charge in [0, 0.05) is 16.8 Å². The summed E-state index contributed by atoms with van der Waals surface area (Å²) in [5.74, 6) is -0.595. The van der Waals surface area contributed by atoms with E-state index in [1.165, 1.54) is 21.9 Å². The van der Waals surface area contributed by atoms with Crippen molar-refractivity contribution >= 4 is 12.0 Å². The lowest BCUT2D eigenvalue weighted by molar-refractivity contribution is -0.139. The monoisotopic (exact) mass is 520 g/mol. The van der Waals surface area contributed by atoms with Gasteiger partial charge in [-0.15, -0.1) is 0 Å². The third-order valence-electron chi connectivity index (χ3n) is 6.65. The van der Waals surface area contributed by atoms with Gasteiger partial charge >= 0.3 is 12.0 Å². The van der Waals surface area contributed by atoms with Crippen molar-refractivity contribution in [3.05, 3.63) is 106 Å². The van der Waals surface area contributed by atoms with E-state index in [0.29, 0.717) is 22.8 Å². The highest BCUT2D eigenvalue weighted by molar-refractivity contribution is 5.95. The van der Waals surface area contributed by atoms with E-state index in [4.69, 9.17) is 14.2 Å². The highest BCUT2D eigenvalue weighted by Crippen LogP contribution is 2.43. The van der Waals surface area contributed by atoms with Gasteiger partial charge in [0.1, 0.15) is 11.6 Å². The van der Waals surface area contributed by atoms with Crippen molar-refractivity contribution in [1.82, 2.24) is 9.80 Å². The normalized spacial score (nSPS) is 16.7. The van der Waals surface area contributed by atoms with Crippen LogP contribution in [-0.2, 0) is 22.6 Å². The highest BCUT2D eigenvalue weighted by Gasteiger charge is 2.43. The van der Waals surface area contributed by atoms with Crippen LogP contribution in [0.4, 0.5) is 13.6 Å². The Labute approximate surface area is 218 Å². The average molecular weight is 521 g/mol. The summed E-state index contributed by atoms with van der Waals surface area (Å²) in [6, 6.07) is 15.9. The number of hydrogen-bond acceptors (Lipinski definition) is 5. The number of fused-ring (bicyclic) bond motifs is 1. The molecule has 0 bridgehead atoms. The SMILES string of the molecule is CCOC(=O)C1=C(C)N(Cc2ccccc2F)C(=O)N(Cc2ccccc2F)[C@@H]1c1ccc2c(c1)OCO2. The first kappa shape index (κ1) is 25.3. The lowest BCUT2D eigenvalue weighted by atomic mass is 9.92. The number of benzene rings is 3. The van der Waals surface area contributed by atoms with E-state index in [0.717, 1.165) is 0 Å². The summed E-state index contributed by atoms with van der Waals surface area (Å²) in [4.78, 5) is 30.2. The Morgan fingerprint density at radius 1 is 0.947 bits per heavy atom. The first-order valence-corrected chi connectivity index (χ1v) is 12.2. The predicted molar refractivity (Wildman–Crippen MR) is 134 cm³/mol. The Kier molecular flexibility index (Phi) is 7.00. The summed E-state index contributed by atoms with van der Waals surface area (Å²) in [7, 11) is 0. The molecule has 7 nitrogen and oxygen atoms in total. The molecule has 0 fully saturated rings. The van der Waals surface area contributed by atoms with E-state index in [9.17, 15) is 18.4 Å². The molecule has 9 heteroatoms. The quantitative estimate of drug-likeness (QED) is 0.374. The molecule has 0 radical (unpaired) electrons. The predicted octanol–water partition coefficient (Wildman–Crippen LogP) is 5.71. The number of carbonyl (C=O) groups is 2. The molecule has 196 valence electrons. The van der Waals surface area contributed by atoms with Crippen LogP contribution < -0.4 is 9.47 Å². The summed E-state index contributed by atoms with van der Waals surface area (Å²) >= 11 is 0. The number of allylic oxidation sites excluding steroid dienone is 1.